The molecule has 2 rings (SSSR count). The Kier molecular flexibility index (Phi) is 13.9. The Labute approximate surface area is 255 Å². The molecule has 234 valence electrons. The van der Waals surface area contributed by atoms with E-state index in [2.05, 4.69) is 26.3 Å². The molecular formula is C32H34O12. The van der Waals surface area contributed by atoms with Gasteiger partial charge in [0.15, 0.2) is 11.5 Å². The van der Waals surface area contributed by atoms with E-state index in [-0.39, 0.29) is 71.7 Å². The minimum Gasteiger partial charge on any atom is -0.423 e. The molecule has 0 bridgehead atoms. The Balaban J connectivity index is 2.61. The summed E-state index contributed by atoms with van der Waals surface area (Å²) in [7, 11) is 5.56. The van der Waals surface area contributed by atoms with E-state index in [4.69, 9.17) is 37.9 Å². The van der Waals surface area contributed by atoms with Gasteiger partial charge in [-0.1, -0.05) is 32.4 Å². The predicted molar refractivity (Wildman–Crippen MR) is 158 cm³/mol. The van der Waals surface area contributed by atoms with E-state index >= 15 is 0 Å². The van der Waals surface area contributed by atoms with E-state index in [0.717, 1.165) is 0 Å². The first-order valence-corrected chi connectivity index (χ1v) is 12.8. The minimum atomic E-state index is -0.845. The molecule has 0 atom stereocenters. The molecule has 0 saturated heterocycles. The van der Waals surface area contributed by atoms with Gasteiger partial charge in [0.2, 0.25) is 0 Å². The number of carbonyl (C=O) groups is 4. The summed E-state index contributed by atoms with van der Waals surface area (Å²) in [6.07, 6.45) is 0. The smallest absolute Gasteiger partial charge is 0.341 e. The van der Waals surface area contributed by atoms with Gasteiger partial charge in [0.05, 0.1) is 48.7 Å². The average Bonchev–Trinajstić information content (AvgIpc) is 2.98. The van der Waals surface area contributed by atoms with Crippen molar-refractivity contribution in [2.45, 2.75) is 0 Å². The fourth-order valence-electron chi connectivity index (χ4n) is 3.34. The second-order valence-corrected chi connectivity index (χ2v) is 9.06. The lowest BCUT2D eigenvalue weighted by molar-refractivity contribution is -0.133. The Morgan fingerprint density at radius 1 is 0.477 bits per heavy atom. The number of hydrogen-bond acceptors (Lipinski definition) is 12. The van der Waals surface area contributed by atoms with Crippen molar-refractivity contribution in [3.05, 3.63) is 85.0 Å². The molecule has 12 nitrogen and oxygen atoms in total. The quantitative estimate of drug-likeness (QED) is 0.146. The van der Waals surface area contributed by atoms with Crippen LogP contribution in [0.1, 0.15) is 0 Å². The molecule has 2 aromatic carbocycles. The zero-order chi connectivity index (χ0) is 32.8. The van der Waals surface area contributed by atoms with Crippen LogP contribution in [0.3, 0.4) is 0 Å². The standard InChI is InChI=1S/C32H34O12/c1-19(15-37-5)29(33)41-25-11-24(12-26(14-25)42-30(34)20(2)16-38-6)23-9-10-27(43-31(35)21(3)17-39-7)28(13-23)44-32(36)22(4)18-40-8/h9-14H,1-4,15-18H2,5-8H3. The van der Waals surface area contributed by atoms with Crippen molar-refractivity contribution in [3.63, 3.8) is 0 Å². The third-order valence-electron chi connectivity index (χ3n) is 5.41. The lowest BCUT2D eigenvalue weighted by Gasteiger charge is -2.15. The summed E-state index contributed by atoms with van der Waals surface area (Å²) in [6.45, 7) is 14.2. The molecule has 0 aromatic heterocycles. The molecule has 0 unspecified atom stereocenters. The zero-order valence-electron chi connectivity index (χ0n) is 25.0. The van der Waals surface area contributed by atoms with Gasteiger partial charge in [-0.2, -0.15) is 0 Å². The maximum absolute atomic E-state index is 12.7. The number of methoxy groups -OCH3 is 4. The van der Waals surface area contributed by atoms with Gasteiger partial charge in [-0.15, -0.1) is 0 Å². The number of rotatable bonds is 17. The van der Waals surface area contributed by atoms with Crippen LogP contribution < -0.4 is 18.9 Å². The molecule has 0 fully saturated rings. The van der Waals surface area contributed by atoms with Gasteiger partial charge in [0.1, 0.15) is 11.5 Å². The highest BCUT2D eigenvalue weighted by molar-refractivity contribution is 5.93. The van der Waals surface area contributed by atoms with Crippen LogP contribution in [0.15, 0.2) is 85.0 Å². The third kappa shape index (κ3) is 10.4. The highest BCUT2D eigenvalue weighted by atomic mass is 16.6. The first-order chi connectivity index (χ1) is 20.9. The summed E-state index contributed by atoms with van der Waals surface area (Å²) in [6, 6.07) is 8.54. The molecular weight excluding hydrogens is 576 g/mol. The van der Waals surface area contributed by atoms with E-state index < -0.39 is 23.9 Å². The fourth-order valence-corrected chi connectivity index (χ4v) is 3.34. The summed E-state index contributed by atoms with van der Waals surface area (Å²) in [5.74, 6) is -3.52. The van der Waals surface area contributed by atoms with Crippen LogP contribution in [0.25, 0.3) is 11.1 Å². The van der Waals surface area contributed by atoms with Crippen LogP contribution in [0.2, 0.25) is 0 Å². The van der Waals surface area contributed by atoms with Crippen molar-refractivity contribution in [2.75, 3.05) is 54.9 Å². The van der Waals surface area contributed by atoms with Gasteiger partial charge in [-0.3, -0.25) is 0 Å². The van der Waals surface area contributed by atoms with Crippen molar-refractivity contribution in [3.8, 4) is 34.1 Å². The Morgan fingerprint density at radius 3 is 1.23 bits per heavy atom. The maximum atomic E-state index is 12.7. The molecule has 0 aliphatic carbocycles. The molecule has 0 aliphatic heterocycles. The van der Waals surface area contributed by atoms with Crippen LogP contribution >= 0.6 is 0 Å². The topological polar surface area (TPSA) is 142 Å². The van der Waals surface area contributed by atoms with Crippen LogP contribution in [0.5, 0.6) is 23.0 Å². The zero-order valence-corrected chi connectivity index (χ0v) is 25.0. The Hall–Kier alpha value is -4.88. The van der Waals surface area contributed by atoms with Gasteiger partial charge < -0.3 is 37.9 Å². The fraction of sp³-hybridized carbons (Fsp3) is 0.250. The van der Waals surface area contributed by atoms with Gasteiger partial charge in [-0.25, -0.2) is 19.2 Å². The number of carbonyl (C=O) groups excluding carboxylic acids is 4. The van der Waals surface area contributed by atoms with Crippen molar-refractivity contribution >= 4 is 23.9 Å². The first-order valence-electron chi connectivity index (χ1n) is 12.8. The summed E-state index contributed by atoms with van der Waals surface area (Å²) < 4.78 is 41.5. The molecule has 0 amide bonds. The molecule has 0 N–H and O–H groups in total. The molecule has 0 heterocycles. The van der Waals surface area contributed by atoms with Crippen LogP contribution in [0, 0.1) is 0 Å². The summed E-state index contributed by atoms with van der Waals surface area (Å²) in [4.78, 5) is 50.3. The van der Waals surface area contributed by atoms with Crippen LogP contribution in [-0.2, 0) is 38.1 Å². The summed E-state index contributed by atoms with van der Waals surface area (Å²) >= 11 is 0. The first kappa shape index (κ1) is 35.3. The predicted octanol–water partition coefficient (Wildman–Crippen LogP) is 3.79. The van der Waals surface area contributed by atoms with Gasteiger partial charge in [-0.05, 0) is 35.4 Å². The molecule has 12 heteroatoms. The molecule has 0 spiro atoms. The molecule has 0 radical (unpaired) electrons. The summed E-state index contributed by atoms with van der Waals surface area (Å²) in [5.41, 5.74) is 0.816. The van der Waals surface area contributed by atoms with Gasteiger partial charge in [0, 0.05) is 34.5 Å². The number of ether oxygens (including phenoxy) is 8. The van der Waals surface area contributed by atoms with Crippen LogP contribution in [0.4, 0.5) is 0 Å². The number of esters is 4. The number of hydrogen-bond donors (Lipinski definition) is 0. The van der Waals surface area contributed by atoms with E-state index in [0.29, 0.717) is 11.1 Å². The highest BCUT2D eigenvalue weighted by Gasteiger charge is 2.20. The second-order valence-electron chi connectivity index (χ2n) is 9.06. The second kappa shape index (κ2) is 17.3. The highest BCUT2D eigenvalue weighted by Crippen LogP contribution is 2.37. The Morgan fingerprint density at radius 2 is 0.841 bits per heavy atom. The summed E-state index contributed by atoms with van der Waals surface area (Å²) in [5, 5.41) is 0. The van der Waals surface area contributed by atoms with E-state index in [9.17, 15) is 19.2 Å². The maximum Gasteiger partial charge on any atom is 0.341 e. The normalized spacial score (nSPS) is 10.4. The van der Waals surface area contributed by atoms with Crippen LogP contribution in [-0.4, -0.2) is 78.7 Å². The third-order valence-corrected chi connectivity index (χ3v) is 5.41. The van der Waals surface area contributed by atoms with Crippen molar-refractivity contribution in [2.24, 2.45) is 0 Å². The lowest BCUT2D eigenvalue weighted by atomic mass is 10.0. The molecule has 0 saturated carbocycles. The van der Waals surface area contributed by atoms with Gasteiger partial charge in [0.25, 0.3) is 0 Å². The monoisotopic (exact) mass is 610 g/mol. The lowest BCUT2D eigenvalue weighted by Crippen LogP contribution is -2.17. The van der Waals surface area contributed by atoms with E-state index in [1.165, 1.54) is 64.8 Å². The van der Waals surface area contributed by atoms with E-state index in [1.807, 2.05) is 0 Å². The van der Waals surface area contributed by atoms with Gasteiger partial charge >= 0.3 is 23.9 Å². The Bertz CT molecular complexity index is 1400. The largest absolute Gasteiger partial charge is 0.423 e. The minimum absolute atomic E-state index is 0.00495. The van der Waals surface area contributed by atoms with E-state index in [1.54, 1.807) is 0 Å². The number of benzene rings is 2. The van der Waals surface area contributed by atoms with Crippen molar-refractivity contribution < 1.29 is 57.1 Å². The van der Waals surface area contributed by atoms with Crippen molar-refractivity contribution in [1.82, 2.24) is 0 Å². The molecule has 44 heavy (non-hydrogen) atoms. The molecule has 0 aliphatic rings. The van der Waals surface area contributed by atoms with Crippen molar-refractivity contribution in [1.29, 1.82) is 0 Å². The molecule has 2 aromatic rings. The average molecular weight is 611 g/mol. The SMILES string of the molecule is C=C(COC)C(=O)Oc1cc(OC(=O)C(=C)COC)cc(-c2ccc(OC(=O)C(=C)COC)c(OC(=O)C(=C)COC)c2)c1.